The van der Waals surface area contributed by atoms with E-state index in [0.29, 0.717) is 18.7 Å². The summed E-state index contributed by atoms with van der Waals surface area (Å²) >= 11 is 0. The lowest BCUT2D eigenvalue weighted by Crippen LogP contribution is -2.57. The van der Waals surface area contributed by atoms with Crippen LogP contribution in [0.5, 0.6) is 0 Å². The Balaban J connectivity index is 1.96. The maximum Gasteiger partial charge on any atom is 0.0599 e. The van der Waals surface area contributed by atoms with Crippen molar-refractivity contribution in [2.24, 2.45) is 0 Å². The van der Waals surface area contributed by atoms with Crippen LogP contribution < -0.4 is 0 Å². The van der Waals surface area contributed by atoms with Crippen LogP contribution in [0.25, 0.3) is 0 Å². The van der Waals surface area contributed by atoms with Crippen LogP contribution in [0.15, 0.2) is 0 Å². The van der Waals surface area contributed by atoms with Crippen molar-refractivity contribution < 1.29 is 5.11 Å². The molecule has 0 amide bonds. The van der Waals surface area contributed by atoms with Gasteiger partial charge < -0.3 is 5.11 Å². The summed E-state index contributed by atoms with van der Waals surface area (Å²) in [7, 11) is 2.12. The number of aliphatic hydroxyl groups excluding tert-OH is 1. The van der Waals surface area contributed by atoms with Crippen LogP contribution in [0.3, 0.4) is 0 Å². The predicted octanol–water partition coefficient (Wildman–Crippen LogP) is 0.146. The average Bonchev–Trinajstić information content (AvgIpc) is 2.92. The monoisotopic (exact) mass is 184 g/mol. The Bertz CT molecular complexity index is 182. The Morgan fingerprint density at radius 3 is 2.54 bits per heavy atom. The molecule has 0 spiro atoms. The van der Waals surface area contributed by atoms with E-state index in [1.165, 1.54) is 19.4 Å². The second kappa shape index (κ2) is 3.56. The van der Waals surface area contributed by atoms with E-state index in [9.17, 15) is 5.11 Å². The quantitative estimate of drug-likeness (QED) is 0.661. The lowest BCUT2D eigenvalue weighted by atomic mass is 10.1. The number of likely N-dealkylation sites (N-methyl/N-ethyl adjacent to an activating group) is 1. The van der Waals surface area contributed by atoms with Crippen molar-refractivity contribution in [2.75, 3.05) is 26.7 Å². The number of rotatable bonds is 2. The second-order valence-electron chi connectivity index (χ2n) is 4.54. The third kappa shape index (κ3) is 1.87. The van der Waals surface area contributed by atoms with Crippen LogP contribution in [0.4, 0.5) is 0 Å². The highest BCUT2D eigenvalue weighted by Crippen LogP contribution is 2.29. The first kappa shape index (κ1) is 9.44. The summed E-state index contributed by atoms with van der Waals surface area (Å²) < 4.78 is 0. The minimum absolute atomic E-state index is 0.296. The molecule has 0 aromatic heterocycles. The number of hydrogen-bond donors (Lipinski definition) is 1. The molecule has 1 saturated carbocycles. The van der Waals surface area contributed by atoms with Crippen LogP contribution in [0.1, 0.15) is 19.8 Å². The Morgan fingerprint density at radius 2 is 2.00 bits per heavy atom. The third-order valence-electron chi connectivity index (χ3n) is 3.49. The highest BCUT2D eigenvalue weighted by molar-refractivity contribution is 4.93. The van der Waals surface area contributed by atoms with Gasteiger partial charge in [-0.15, -0.1) is 0 Å². The fourth-order valence-corrected chi connectivity index (χ4v) is 2.23. The summed E-state index contributed by atoms with van der Waals surface area (Å²) in [5.41, 5.74) is 0. The molecule has 2 unspecified atom stereocenters. The summed E-state index contributed by atoms with van der Waals surface area (Å²) in [6.45, 7) is 4.78. The maximum absolute atomic E-state index is 9.23. The molecule has 13 heavy (non-hydrogen) atoms. The molecule has 3 nitrogen and oxygen atoms in total. The van der Waals surface area contributed by atoms with Gasteiger partial charge >= 0.3 is 0 Å². The van der Waals surface area contributed by atoms with E-state index in [1.807, 2.05) is 0 Å². The fraction of sp³-hybridized carbons (Fsp3) is 1.00. The van der Waals surface area contributed by atoms with Crippen LogP contribution in [0, 0.1) is 0 Å². The number of piperazine rings is 1. The molecule has 2 aliphatic rings. The van der Waals surface area contributed by atoms with Gasteiger partial charge in [0.25, 0.3) is 0 Å². The zero-order valence-electron chi connectivity index (χ0n) is 8.61. The predicted molar refractivity (Wildman–Crippen MR) is 52.7 cm³/mol. The van der Waals surface area contributed by atoms with Crippen molar-refractivity contribution in [3.63, 3.8) is 0 Å². The summed E-state index contributed by atoms with van der Waals surface area (Å²) in [6.07, 6.45) is 2.74. The summed E-state index contributed by atoms with van der Waals surface area (Å²) in [5, 5.41) is 9.23. The van der Waals surface area contributed by atoms with Crippen LogP contribution >= 0.6 is 0 Å². The normalized spacial score (nSPS) is 38.1. The molecule has 0 bridgehead atoms. The van der Waals surface area contributed by atoms with E-state index in [1.54, 1.807) is 0 Å². The number of hydrogen-bond acceptors (Lipinski definition) is 3. The molecule has 0 aromatic carbocycles. The molecule has 76 valence electrons. The van der Waals surface area contributed by atoms with Gasteiger partial charge in [-0.3, -0.25) is 9.80 Å². The number of nitrogens with zero attached hydrogens (tertiary/aromatic N) is 2. The van der Waals surface area contributed by atoms with Gasteiger partial charge in [0.05, 0.1) is 6.61 Å². The van der Waals surface area contributed by atoms with E-state index < -0.39 is 0 Å². The molecular weight excluding hydrogens is 164 g/mol. The third-order valence-corrected chi connectivity index (χ3v) is 3.49. The van der Waals surface area contributed by atoms with Crippen LogP contribution in [0.2, 0.25) is 0 Å². The lowest BCUT2D eigenvalue weighted by Gasteiger charge is -2.43. The molecule has 2 atom stereocenters. The van der Waals surface area contributed by atoms with Gasteiger partial charge in [-0.05, 0) is 26.8 Å². The van der Waals surface area contributed by atoms with Crippen molar-refractivity contribution in [2.45, 2.75) is 37.9 Å². The largest absolute Gasteiger partial charge is 0.395 e. The van der Waals surface area contributed by atoms with Gasteiger partial charge in [-0.1, -0.05) is 0 Å². The minimum Gasteiger partial charge on any atom is -0.395 e. The molecule has 0 aromatic rings. The highest BCUT2D eigenvalue weighted by atomic mass is 16.3. The number of aliphatic hydroxyl groups is 1. The Labute approximate surface area is 80.3 Å². The van der Waals surface area contributed by atoms with E-state index in [4.69, 9.17) is 0 Å². The van der Waals surface area contributed by atoms with Crippen molar-refractivity contribution in [3.05, 3.63) is 0 Å². The van der Waals surface area contributed by atoms with E-state index in [2.05, 4.69) is 23.8 Å². The standard InChI is InChI=1S/C10H20N2O/c1-8-5-12(9-3-4-9)6-10(7-13)11(8)2/h8-10,13H,3-7H2,1-2H3. The molecule has 2 rings (SSSR count). The Morgan fingerprint density at radius 1 is 1.31 bits per heavy atom. The van der Waals surface area contributed by atoms with Crippen LogP contribution in [-0.4, -0.2) is 59.8 Å². The first-order valence-electron chi connectivity index (χ1n) is 5.29. The Hall–Kier alpha value is -0.120. The minimum atomic E-state index is 0.296. The summed E-state index contributed by atoms with van der Waals surface area (Å²) in [5.74, 6) is 0. The Kier molecular flexibility index (Phi) is 2.58. The average molecular weight is 184 g/mol. The van der Waals surface area contributed by atoms with Crippen LogP contribution in [-0.2, 0) is 0 Å². The highest BCUT2D eigenvalue weighted by Gasteiger charge is 2.36. The van der Waals surface area contributed by atoms with Crippen molar-refractivity contribution >= 4 is 0 Å². The van der Waals surface area contributed by atoms with Gasteiger partial charge in [0.15, 0.2) is 0 Å². The smallest absolute Gasteiger partial charge is 0.0599 e. The van der Waals surface area contributed by atoms with Crippen molar-refractivity contribution in [3.8, 4) is 0 Å². The topological polar surface area (TPSA) is 26.7 Å². The van der Waals surface area contributed by atoms with Gasteiger partial charge in [0.2, 0.25) is 0 Å². The van der Waals surface area contributed by atoms with Crippen molar-refractivity contribution in [1.82, 2.24) is 9.80 Å². The fourth-order valence-electron chi connectivity index (χ4n) is 2.23. The summed E-state index contributed by atoms with van der Waals surface area (Å²) in [4.78, 5) is 4.85. The molecule has 0 radical (unpaired) electrons. The molecule has 3 heteroatoms. The van der Waals surface area contributed by atoms with Crippen molar-refractivity contribution in [1.29, 1.82) is 0 Å². The summed E-state index contributed by atoms with van der Waals surface area (Å²) in [6, 6.07) is 1.78. The molecule has 1 aliphatic heterocycles. The zero-order chi connectivity index (χ0) is 9.42. The molecular formula is C10H20N2O. The molecule has 1 N–H and O–H groups in total. The lowest BCUT2D eigenvalue weighted by molar-refractivity contribution is 0.0187. The molecule has 1 saturated heterocycles. The van der Waals surface area contributed by atoms with E-state index in [-0.39, 0.29) is 0 Å². The first-order chi connectivity index (χ1) is 6.22. The van der Waals surface area contributed by atoms with Gasteiger partial charge in [-0.25, -0.2) is 0 Å². The molecule has 1 aliphatic carbocycles. The van der Waals surface area contributed by atoms with Gasteiger partial charge in [0.1, 0.15) is 0 Å². The second-order valence-corrected chi connectivity index (χ2v) is 4.54. The SMILES string of the molecule is CC1CN(C2CC2)CC(CO)N1C. The molecule has 2 fully saturated rings. The zero-order valence-corrected chi connectivity index (χ0v) is 8.61. The first-order valence-corrected chi connectivity index (χ1v) is 5.29. The van der Waals surface area contributed by atoms with Gasteiger partial charge in [0, 0.05) is 31.2 Å². The molecule has 1 heterocycles. The van der Waals surface area contributed by atoms with E-state index in [0.717, 1.165) is 12.6 Å². The van der Waals surface area contributed by atoms with E-state index >= 15 is 0 Å². The van der Waals surface area contributed by atoms with Gasteiger partial charge in [-0.2, -0.15) is 0 Å². The maximum atomic E-state index is 9.23.